The maximum absolute atomic E-state index is 5.41. The number of nitrogens with zero attached hydrogens (tertiary/aromatic N) is 1. The summed E-state index contributed by atoms with van der Waals surface area (Å²) in [5, 5.41) is 0. The molecule has 0 unspecified atom stereocenters. The molecule has 80 valence electrons. The molecule has 1 aromatic carbocycles. The molecule has 1 saturated heterocycles. The van der Waals surface area contributed by atoms with Crippen LogP contribution < -0.4 is 9.64 Å². The molecule has 1 aromatic rings. The van der Waals surface area contributed by atoms with Gasteiger partial charge in [0.15, 0.2) is 0 Å². The van der Waals surface area contributed by atoms with Crippen molar-refractivity contribution in [1.29, 1.82) is 0 Å². The van der Waals surface area contributed by atoms with Crippen LogP contribution in [0.4, 0.5) is 5.69 Å². The van der Waals surface area contributed by atoms with Crippen LogP contribution in [0.2, 0.25) is 0 Å². The van der Waals surface area contributed by atoms with Gasteiger partial charge in [0.25, 0.3) is 0 Å². The van der Waals surface area contributed by atoms with Crippen LogP contribution in [0.1, 0.15) is 25.7 Å². The SMILES string of the molecule is COc1ccccc1N1[C@@H]2CCCC[C@@H]21. The van der Waals surface area contributed by atoms with Crippen molar-refractivity contribution in [3.05, 3.63) is 24.3 Å². The quantitative estimate of drug-likeness (QED) is 0.685. The average Bonchev–Trinajstić information content (AvgIpc) is 3.03. The molecule has 0 N–H and O–H groups in total. The molecule has 15 heavy (non-hydrogen) atoms. The Labute approximate surface area is 90.8 Å². The Bertz CT molecular complexity index is 351. The minimum Gasteiger partial charge on any atom is -0.495 e. The third-order valence-electron chi connectivity index (χ3n) is 3.68. The normalized spacial score (nSPS) is 28.5. The van der Waals surface area contributed by atoms with E-state index in [1.807, 2.05) is 6.07 Å². The second-order valence-corrected chi connectivity index (χ2v) is 4.50. The molecule has 2 fully saturated rings. The van der Waals surface area contributed by atoms with Crippen LogP contribution in [0.5, 0.6) is 5.75 Å². The fourth-order valence-corrected chi connectivity index (χ4v) is 2.91. The van der Waals surface area contributed by atoms with Crippen LogP contribution in [-0.4, -0.2) is 19.2 Å². The number of benzene rings is 1. The Hall–Kier alpha value is -1.18. The Kier molecular flexibility index (Phi) is 2.08. The number of rotatable bonds is 2. The summed E-state index contributed by atoms with van der Waals surface area (Å²) in [6, 6.07) is 9.97. The maximum atomic E-state index is 5.41. The van der Waals surface area contributed by atoms with Gasteiger partial charge >= 0.3 is 0 Å². The van der Waals surface area contributed by atoms with Crippen molar-refractivity contribution in [2.24, 2.45) is 0 Å². The number of hydrogen-bond acceptors (Lipinski definition) is 2. The first-order valence-electron chi connectivity index (χ1n) is 5.83. The van der Waals surface area contributed by atoms with Gasteiger partial charge in [-0.3, -0.25) is 0 Å². The number of fused-ring (bicyclic) bond motifs is 1. The van der Waals surface area contributed by atoms with E-state index in [1.54, 1.807) is 7.11 Å². The summed E-state index contributed by atoms with van der Waals surface area (Å²) >= 11 is 0. The number of ether oxygens (including phenoxy) is 1. The van der Waals surface area contributed by atoms with Gasteiger partial charge in [-0.25, -0.2) is 0 Å². The molecule has 0 radical (unpaired) electrons. The second kappa shape index (κ2) is 3.44. The second-order valence-electron chi connectivity index (χ2n) is 4.50. The lowest BCUT2D eigenvalue weighted by Crippen LogP contribution is -2.00. The molecule has 1 heterocycles. The van der Waals surface area contributed by atoms with E-state index in [1.165, 1.54) is 31.4 Å². The summed E-state index contributed by atoms with van der Waals surface area (Å²) < 4.78 is 5.41. The summed E-state index contributed by atoms with van der Waals surface area (Å²) in [6.45, 7) is 0. The van der Waals surface area contributed by atoms with E-state index >= 15 is 0 Å². The van der Waals surface area contributed by atoms with Crippen molar-refractivity contribution in [3.8, 4) is 5.75 Å². The van der Waals surface area contributed by atoms with Gasteiger partial charge in [-0.05, 0) is 25.0 Å². The van der Waals surface area contributed by atoms with Gasteiger partial charge in [0.2, 0.25) is 0 Å². The topological polar surface area (TPSA) is 12.2 Å². The number of para-hydroxylation sites is 2. The smallest absolute Gasteiger partial charge is 0.142 e. The largest absolute Gasteiger partial charge is 0.495 e. The Morgan fingerprint density at radius 1 is 1.13 bits per heavy atom. The standard InChI is InChI=1S/C13H17NO/c1-15-13-9-5-4-8-12(13)14-10-6-2-3-7-11(10)14/h4-5,8-11H,2-3,6-7H2,1H3/t10-,11+,14?. The fraction of sp³-hybridized carbons (Fsp3) is 0.538. The Morgan fingerprint density at radius 2 is 1.80 bits per heavy atom. The van der Waals surface area contributed by atoms with Crippen LogP contribution in [0.3, 0.4) is 0 Å². The molecule has 0 aromatic heterocycles. The number of anilines is 1. The summed E-state index contributed by atoms with van der Waals surface area (Å²) in [4.78, 5) is 2.53. The van der Waals surface area contributed by atoms with E-state index in [0.29, 0.717) is 0 Å². The third-order valence-corrected chi connectivity index (χ3v) is 3.68. The van der Waals surface area contributed by atoms with E-state index in [0.717, 1.165) is 17.8 Å². The van der Waals surface area contributed by atoms with Crippen molar-refractivity contribution in [2.45, 2.75) is 37.8 Å². The molecule has 2 aliphatic rings. The highest BCUT2D eigenvalue weighted by atomic mass is 16.5. The summed E-state index contributed by atoms with van der Waals surface area (Å²) in [6.07, 6.45) is 5.52. The van der Waals surface area contributed by atoms with Gasteiger partial charge in [0.1, 0.15) is 5.75 Å². The maximum Gasteiger partial charge on any atom is 0.142 e. The predicted molar refractivity (Wildman–Crippen MR) is 61.5 cm³/mol. The van der Waals surface area contributed by atoms with E-state index < -0.39 is 0 Å². The van der Waals surface area contributed by atoms with Crippen molar-refractivity contribution in [3.63, 3.8) is 0 Å². The van der Waals surface area contributed by atoms with Crippen LogP contribution in [0.25, 0.3) is 0 Å². The van der Waals surface area contributed by atoms with Crippen molar-refractivity contribution in [2.75, 3.05) is 12.0 Å². The summed E-state index contributed by atoms with van der Waals surface area (Å²) in [5.74, 6) is 1.02. The van der Waals surface area contributed by atoms with E-state index in [2.05, 4.69) is 23.1 Å². The molecule has 0 spiro atoms. The first kappa shape index (κ1) is 9.08. The molecular formula is C13H17NO. The summed E-state index contributed by atoms with van der Waals surface area (Å²) in [7, 11) is 1.76. The lowest BCUT2D eigenvalue weighted by molar-refractivity contribution is 0.415. The van der Waals surface area contributed by atoms with Gasteiger partial charge < -0.3 is 9.64 Å². The lowest BCUT2D eigenvalue weighted by Gasteiger charge is -2.10. The highest BCUT2D eigenvalue weighted by Gasteiger charge is 2.49. The van der Waals surface area contributed by atoms with Crippen molar-refractivity contribution in [1.82, 2.24) is 0 Å². The first-order chi connectivity index (χ1) is 7.42. The highest BCUT2D eigenvalue weighted by molar-refractivity contribution is 5.65. The fourth-order valence-electron chi connectivity index (χ4n) is 2.91. The minimum absolute atomic E-state index is 0.801. The van der Waals surface area contributed by atoms with Gasteiger partial charge in [0.05, 0.1) is 12.8 Å². The minimum atomic E-state index is 0.801. The molecule has 0 amide bonds. The van der Waals surface area contributed by atoms with E-state index in [4.69, 9.17) is 4.74 Å². The van der Waals surface area contributed by atoms with Crippen molar-refractivity contribution < 1.29 is 4.74 Å². The molecule has 3 rings (SSSR count). The number of methoxy groups -OCH3 is 1. The van der Waals surface area contributed by atoms with E-state index in [-0.39, 0.29) is 0 Å². The molecule has 0 bridgehead atoms. The van der Waals surface area contributed by atoms with Gasteiger partial charge in [-0.15, -0.1) is 0 Å². The number of hydrogen-bond donors (Lipinski definition) is 0. The zero-order valence-electron chi connectivity index (χ0n) is 9.15. The van der Waals surface area contributed by atoms with Crippen LogP contribution in [0, 0.1) is 0 Å². The summed E-state index contributed by atoms with van der Waals surface area (Å²) in [5.41, 5.74) is 1.29. The first-order valence-corrected chi connectivity index (χ1v) is 5.83. The monoisotopic (exact) mass is 203 g/mol. The Morgan fingerprint density at radius 3 is 2.47 bits per heavy atom. The zero-order valence-corrected chi connectivity index (χ0v) is 9.15. The Balaban J connectivity index is 1.87. The molecular weight excluding hydrogens is 186 g/mol. The molecule has 2 heteroatoms. The van der Waals surface area contributed by atoms with E-state index in [9.17, 15) is 0 Å². The van der Waals surface area contributed by atoms with Gasteiger partial charge in [-0.2, -0.15) is 0 Å². The predicted octanol–water partition coefficient (Wildman–Crippen LogP) is 2.83. The molecule has 2 nitrogen and oxygen atoms in total. The van der Waals surface area contributed by atoms with Crippen LogP contribution >= 0.6 is 0 Å². The molecule has 1 aliphatic carbocycles. The third kappa shape index (κ3) is 1.39. The van der Waals surface area contributed by atoms with Crippen molar-refractivity contribution >= 4 is 5.69 Å². The zero-order chi connectivity index (χ0) is 10.3. The van der Waals surface area contributed by atoms with Crippen LogP contribution in [0.15, 0.2) is 24.3 Å². The molecule has 2 atom stereocenters. The highest BCUT2D eigenvalue weighted by Crippen LogP contribution is 2.47. The van der Waals surface area contributed by atoms with Crippen LogP contribution in [-0.2, 0) is 0 Å². The van der Waals surface area contributed by atoms with Gasteiger partial charge in [-0.1, -0.05) is 25.0 Å². The average molecular weight is 203 g/mol. The van der Waals surface area contributed by atoms with Gasteiger partial charge in [0, 0.05) is 12.1 Å². The molecule has 1 saturated carbocycles. The molecule has 1 aliphatic heterocycles. The lowest BCUT2D eigenvalue weighted by atomic mass is 10.0.